The maximum Gasteiger partial charge on any atom is 0.405 e. The number of anilines is 2. The molecule has 4 aromatic rings. The highest BCUT2D eigenvalue weighted by atomic mass is 35.5. The van der Waals surface area contributed by atoms with Crippen LogP contribution in [-0.2, 0) is 6.42 Å². The van der Waals surface area contributed by atoms with Crippen molar-refractivity contribution in [2.45, 2.75) is 47.1 Å². The Balaban J connectivity index is 1.82. The number of carboxylic acid groups (broad SMARTS) is 1. The maximum absolute atomic E-state index is 13.9. The molecular weight excluding hydrogens is 528 g/mol. The molecule has 3 heterocycles. The lowest BCUT2D eigenvalue weighted by atomic mass is 9.84. The fraction of sp³-hybridized carbons (Fsp3) is 0.300. The van der Waals surface area contributed by atoms with Crippen LogP contribution in [0.3, 0.4) is 0 Å². The highest BCUT2D eigenvalue weighted by Gasteiger charge is 2.31. The Morgan fingerprint density at radius 3 is 2.48 bits per heavy atom. The summed E-state index contributed by atoms with van der Waals surface area (Å²) in [5.74, 6) is 0.105. The van der Waals surface area contributed by atoms with E-state index in [-0.39, 0.29) is 5.91 Å². The van der Waals surface area contributed by atoms with Gasteiger partial charge in [0.05, 0.1) is 33.7 Å². The van der Waals surface area contributed by atoms with Gasteiger partial charge in [-0.1, -0.05) is 38.4 Å². The molecule has 0 saturated carbocycles. The lowest BCUT2D eigenvalue weighted by Gasteiger charge is -2.31. The number of benzene rings is 1. The van der Waals surface area contributed by atoms with Gasteiger partial charge in [0, 0.05) is 36.3 Å². The third-order valence-corrected chi connectivity index (χ3v) is 6.90. The normalized spacial score (nSPS) is 12.3. The van der Waals surface area contributed by atoms with Gasteiger partial charge in [-0.2, -0.15) is 0 Å². The molecule has 4 rings (SSSR count). The summed E-state index contributed by atoms with van der Waals surface area (Å²) in [6.45, 7) is 9.44. The zero-order valence-corrected chi connectivity index (χ0v) is 24.2. The SMILES string of the molecule is Cc1cc(N)nc(C)c1N(C)C(=O)c1cc(Cc2ccc3ncc(Cl)cc3c2)nc(C(NC(=O)O)C(C)(C)C)c1. The van der Waals surface area contributed by atoms with Crippen LogP contribution < -0.4 is 16.0 Å². The Kier molecular flexibility index (Phi) is 7.98. The minimum atomic E-state index is -1.17. The van der Waals surface area contributed by atoms with Crippen LogP contribution in [0, 0.1) is 19.3 Å². The molecule has 0 saturated heterocycles. The van der Waals surface area contributed by atoms with Gasteiger partial charge in [0.25, 0.3) is 5.91 Å². The zero-order valence-electron chi connectivity index (χ0n) is 23.4. The van der Waals surface area contributed by atoms with E-state index in [0.717, 1.165) is 22.0 Å². The molecule has 1 unspecified atom stereocenters. The molecule has 10 heteroatoms. The molecule has 0 fully saturated rings. The van der Waals surface area contributed by atoms with E-state index in [2.05, 4.69) is 15.3 Å². The fourth-order valence-corrected chi connectivity index (χ4v) is 5.13. The van der Waals surface area contributed by atoms with Crippen molar-refractivity contribution in [3.63, 3.8) is 0 Å². The highest BCUT2D eigenvalue weighted by Crippen LogP contribution is 2.33. The first-order valence-corrected chi connectivity index (χ1v) is 13.2. The lowest BCUT2D eigenvalue weighted by molar-refractivity contribution is 0.0992. The molecule has 208 valence electrons. The van der Waals surface area contributed by atoms with Crippen molar-refractivity contribution in [3.8, 4) is 0 Å². The number of aromatic nitrogens is 3. The molecule has 0 spiro atoms. The van der Waals surface area contributed by atoms with Crippen molar-refractivity contribution in [1.82, 2.24) is 20.3 Å². The van der Waals surface area contributed by atoms with Gasteiger partial charge >= 0.3 is 6.09 Å². The van der Waals surface area contributed by atoms with Gasteiger partial charge < -0.3 is 21.1 Å². The first-order chi connectivity index (χ1) is 18.7. The number of nitrogens with one attached hydrogen (secondary N) is 1. The van der Waals surface area contributed by atoms with Crippen LogP contribution in [0.1, 0.15) is 65.4 Å². The molecule has 0 aliphatic heterocycles. The molecule has 0 radical (unpaired) electrons. The number of nitrogens with two attached hydrogens (primary N) is 1. The van der Waals surface area contributed by atoms with Gasteiger partial charge in [0.15, 0.2) is 0 Å². The number of carbonyl (C=O) groups excluding carboxylic acids is 1. The summed E-state index contributed by atoms with van der Waals surface area (Å²) < 4.78 is 0. The van der Waals surface area contributed by atoms with Gasteiger partial charge in [-0.3, -0.25) is 14.8 Å². The lowest BCUT2D eigenvalue weighted by Crippen LogP contribution is -2.37. The van der Waals surface area contributed by atoms with E-state index in [1.54, 1.807) is 43.3 Å². The first kappa shape index (κ1) is 28.8. The van der Waals surface area contributed by atoms with E-state index in [9.17, 15) is 14.7 Å². The molecule has 2 amide bonds. The minimum Gasteiger partial charge on any atom is -0.465 e. The zero-order chi connectivity index (χ0) is 29.4. The van der Waals surface area contributed by atoms with Crippen LogP contribution in [-0.4, -0.2) is 39.1 Å². The average molecular weight is 561 g/mol. The van der Waals surface area contributed by atoms with E-state index in [4.69, 9.17) is 22.3 Å². The molecule has 9 nitrogen and oxygen atoms in total. The number of fused-ring (bicyclic) bond motifs is 1. The molecule has 3 aromatic heterocycles. The maximum atomic E-state index is 13.9. The van der Waals surface area contributed by atoms with Gasteiger partial charge in [0.1, 0.15) is 5.82 Å². The molecule has 40 heavy (non-hydrogen) atoms. The van der Waals surface area contributed by atoms with E-state index in [0.29, 0.717) is 45.6 Å². The Hall–Kier alpha value is -4.24. The molecule has 0 aliphatic carbocycles. The number of nitrogens with zero attached hydrogens (tertiary/aromatic N) is 4. The summed E-state index contributed by atoms with van der Waals surface area (Å²) in [5, 5.41) is 13.6. The van der Waals surface area contributed by atoms with Crippen LogP contribution >= 0.6 is 11.6 Å². The average Bonchev–Trinajstić information content (AvgIpc) is 2.85. The van der Waals surface area contributed by atoms with Crippen LogP contribution in [0.2, 0.25) is 5.02 Å². The van der Waals surface area contributed by atoms with Crippen LogP contribution in [0.15, 0.2) is 48.7 Å². The molecule has 0 aliphatic rings. The number of nitrogen functional groups attached to an aromatic ring is 1. The molecule has 4 N–H and O–H groups in total. The Morgan fingerprint density at radius 2 is 1.82 bits per heavy atom. The summed E-state index contributed by atoms with van der Waals surface area (Å²) in [7, 11) is 1.69. The second-order valence-electron chi connectivity index (χ2n) is 11.0. The molecule has 1 aromatic carbocycles. The number of amides is 2. The second-order valence-corrected chi connectivity index (χ2v) is 11.5. The van der Waals surface area contributed by atoms with Crippen molar-refractivity contribution in [2.75, 3.05) is 17.7 Å². The number of halogens is 1. The summed E-state index contributed by atoms with van der Waals surface area (Å²) in [4.78, 5) is 40.7. The standard InChI is InChI=1S/C30H33ClN6O3/c1-16-9-25(32)34-17(2)26(16)37(6)28(38)20-13-22(35-24(14-20)27(30(3,4)5)36-29(39)40)11-18-7-8-23-19(10-18)12-21(31)15-33-23/h7-10,12-15,27,36H,11H2,1-6H3,(H2,32,34)(H,39,40). The van der Waals surface area contributed by atoms with Crippen LogP contribution in [0.5, 0.6) is 0 Å². The van der Waals surface area contributed by atoms with E-state index in [1.165, 1.54) is 0 Å². The summed E-state index contributed by atoms with van der Waals surface area (Å²) >= 11 is 6.15. The first-order valence-electron chi connectivity index (χ1n) is 12.8. The summed E-state index contributed by atoms with van der Waals surface area (Å²) in [5.41, 5.74) is 10.7. The molecule has 0 bridgehead atoms. The van der Waals surface area contributed by atoms with E-state index in [1.807, 2.05) is 52.0 Å². The van der Waals surface area contributed by atoms with E-state index >= 15 is 0 Å². The third-order valence-electron chi connectivity index (χ3n) is 6.69. The van der Waals surface area contributed by atoms with Crippen LogP contribution in [0.25, 0.3) is 10.9 Å². The van der Waals surface area contributed by atoms with Crippen molar-refractivity contribution in [2.24, 2.45) is 5.41 Å². The van der Waals surface area contributed by atoms with Crippen LogP contribution in [0.4, 0.5) is 16.3 Å². The fourth-order valence-electron chi connectivity index (χ4n) is 4.96. The number of hydrogen-bond acceptors (Lipinski definition) is 6. The monoisotopic (exact) mass is 560 g/mol. The third kappa shape index (κ3) is 6.31. The molecule has 1 atom stereocenters. The topological polar surface area (TPSA) is 134 Å². The number of aryl methyl sites for hydroxylation is 2. The van der Waals surface area contributed by atoms with Crippen molar-refractivity contribution in [1.29, 1.82) is 0 Å². The number of hydrogen-bond donors (Lipinski definition) is 3. The molecular formula is C30H33ClN6O3. The van der Waals surface area contributed by atoms with E-state index < -0.39 is 17.6 Å². The minimum absolute atomic E-state index is 0.278. The highest BCUT2D eigenvalue weighted by molar-refractivity contribution is 6.31. The van der Waals surface area contributed by atoms with Crippen molar-refractivity contribution >= 4 is 46.0 Å². The number of carbonyl (C=O) groups is 2. The largest absolute Gasteiger partial charge is 0.465 e. The Morgan fingerprint density at radius 1 is 1.10 bits per heavy atom. The van der Waals surface area contributed by atoms with Crippen molar-refractivity contribution in [3.05, 3.63) is 87.5 Å². The second kappa shape index (κ2) is 11.1. The van der Waals surface area contributed by atoms with Gasteiger partial charge in [-0.15, -0.1) is 0 Å². The summed E-state index contributed by atoms with van der Waals surface area (Å²) in [6, 6.07) is 12.2. The number of rotatable bonds is 6. The Bertz CT molecular complexity index is 1590. The smallest absolute Gasteiger partial charge is 0.405 e. The quantitative estimate of drug-likeness (QED) is 0.259. The van der Waals surface area contributed by atoms with Gasteiger partial charge in [-0.05, 0) is 66.8 Å². The predicted octanol–water partition coefficient (Wildman–Crippen LogP) is 6.10. The predicted molar refractivity (Wildman–Crippen MR) is 158 cm³/mol. The van der Waals surface area contributed by atoms with Gasteiger partial charge in [-0.25, -0.2) is 9.78 Å². The Labute approximate surface area is 238 Å². The van der Waals surface area contributed by atoms with Gasteiger partial charge in [0.2, 0.25) is 0 Å². The number of pyridine rings is 3. The van der Waals surface area contributed by atoms with Crippen molar-refractivity contribution < 1.29 is 14.7 Å². The summed E-state index contributed by atoms with van der Waals surface area (Å²) in [6.07, 6.45) is 0.840.